The van der Waals surface area contributed by atoms with Gasteiger partial charge in [-0.2, -0.15) is 26.4 Å². The molecule has 39 rings (SSSR count). The number of rotatable bonds is 3. The fraction of sp³-hybridized carbons (Fsp3) is 0.200. The van der Waals surface area contributed by atoms with Gasteiger partial charge in [0.2, 0.25) is 0 Å². The summed E-state index contributed by atoms with van der Waals surface area (Å²) in [6.07, 6.45) is 28.1. The molecule has 0 saturated carbocycles. The second kappa shape index (κ2) is 29.0. The molecule has 0 fully saturated rings. The molecule has 0 saturated heterocycles. The van der Waals surface area contributed by atoms with Crippen molar-refractivity contribution >= 4 is 164 Å². The van der Waals surface area contributed by atoms with Crippen LogP contribution < -0.4 is 27.4 Å². The van der Waals surface area contributed by atoms with E-state index in [9.17, 15) is 0 Å². The number of hydrogen-bond acceptors (Lipinski definition) is 0. The quantitative estimate of drug-likeness (QED) is 0.125. The van der Waals surface area contributed by atoms with Crippen LogP contribution in [-0.2, 0) is 116 Å². The van der Waals surface area contributed by atoms with Crippen LogP contribution in [-0.4, -0.2) is 26.4 Å². The fourth-order valence-corrected chi connectivity index (χ4v) is 31.1. The summed E-state index contributed by atoms with van der Waals surface area (Å²) < 4.78 is 30.1. The molecule has 24 heterocycles. The zero-order valence-corrected chi connectivity index (χ0v) is 84.6. The molecule has 0 spiro atoms. The minimum atomic E-state index is 0.986. The highest BCUT2D eigenvalue weighted by atomic mass is 15.2. The Labute approximate surface area is 848 Å². The second-order valence-corrected chi connectivity index (χ2v) is 45.1. The van der Waals surface area contributed by atoms with Crippen LogP contribution in [0.15, 0.2) is 274 Å². The van der Waals surface area contributed by atoms with Crippen LogP contribution in [0.3, 0.4) is 0 Å². The maximum Gasteiger partial charge on any atom is 0.295 e. The lowest BCUT2D eigenvalue weighted by Crippen LogP contribution is -2.28. The van der Waals surface area contributed by atoms with Gasteiger partial charge in [-0.15, -0.1) is 0 Å². The van der Waals surface area contributed by atoms with E-state index in [0.29, 0.717) is 0 Å². The number of hydrogen-bond donors (Lipinski definition) is 0. The Hall–Kier alpha value is -16.4. The first-order valence-corrected chi connectivity index (χ1v) is 53.8. The van der Waals surface area contributed by atoms with Crippen molar-refractivity contribution in [2.45, 2.75) is 179 Å². The second-order valence-electron chi connectivity index (χ2n) is 45.1. The van der Waals surface area contributed by atoms with Crippen molar-refractivity contribution in [2.24, 2.45) is 0 Å². The van der Waals surface area contributed by atoms with Gasteiger partial charge in [0, 0.05) is 170 Å². The van der Waals surface area contributed by atoms with Crippen LogP contribution in [0.2, 0.25) is 0 Å². The number of aryl methyl sites for hydroxylation is 21. The third-order valence-electron chi connectivity index (χ3n) is 37.0. The molecular formula is C135H108N12+6. The van der Waals surface area contributed by atoms with Crippen molar-refractivity contribution in [3.8, 4) is 33.4 Å². The van der Waals surface area contributed by atoms with E-state index in [2.05, 4.69) is 390 Å². The zero-order valence-electron chi connectivity index (χ0n) is 84.6. The van der Waals surface area contributed by atoms with Crippen LogP contribution in [0, 0.1) is 62.3 Å². The first kappa shape index (κ1) is 81.9. The predicted octanol–water partition coefficient (Wildman–Crippen LogP) is 25.7. The predicted molar refractivity (Wildman–Crippen MR) is 594 cm³/mol. The van der Waals surface area contributed by atoms with Crippen molar-refractivity contribution in [1.82, 2.24) is 26.4 Å². The minimum absolute atomic E-state index is 0.986. The van der Waals surface area contributed by atoms with Gasteiger partial charge in [-0.3, -0.25) is 0 Å². The van der Waals surface area contributed by atoms with Gasteiger partial charge < -0.3 is 0 Å². The highest BCUT2D eigenvalue weighted by Gasteiger charge is 2.43. The number of pyridine rings is 6. The van der Waals surface area contributed by atoms with Gasteiger partial charge in [0.25, 0.3) is 33.9 Å². The van der Waals surface area contributed by atoms with Crippen molar-refractivity contribution in [2.75, 3.05) is 0 Å². The first-order chi connectivity index (χ1) is 72.1. The highest BCUT2D eigenvalue weighted by molar-refractivity contribution is 6.23. The molecule has 15 aromatic carbocycles. The molecule has 0 unspecified atom stereocenters. The number of imidazole rings is 6. The summed E-state index contributed by atoms with van der Waals surface area (Å²) in [5.41, 5.74) is 64.3. The Bertz CT molecular complexity index is 10900. The molecule has 0 radical (unpaired) electrons. The molecule has 0 amide bonds. The standard InChI is InChI=1S/3C26H21N2.3C19H15N2/c1-15-5-3-6-16(2)22(15)21-12-10-17-9-11-19-14-27-13-18-7-4-8-20-23(18)26(27)28(19)25(17)24(20)21;1-15-5-3-6-16(2)22(15)20-12-10-18-13-27-14-19-11-9-17-7-4-8-21-24(20)23(18)26(27)28(19)25(17)21;1-15-5-3-6-16(2)23(15)18-11-19-13-27-14-20-10-9-17-7-4-8-21-22(12-18)24(19)26(27)28(20)25(17)21;1-11-5-7-16-15-4-2-3-12-9-20-10-13-6-8-14(11)18(16)21(13)19(20)17(12)15;1-11-7-12-5-6-14-10-20-9-13-3-2-4-15-16(8-11)18(12)21(14)19(20)17(13)15;1-11-5-6-12-7-8-14-10-20-9-13-3-2-4-15-16(11)18(12)21(14)19(20)17(13)15/h2*3-8,10,12,14H,9,11,13H2,1-2H3;3-8,11-12,14H,9-10,13H2,1-2H3;2-5,7,10H,6,8-9H2,1H3;2-4,7-8,10H,5-6,9H2,1H3;2-6,10H,7-9H2,1H3/q6*+1. The van der Waals surface area contributed by atoms with Gasteiger partial charge in [-0.05, 0) is 209 Å². The van der Waals surface area contributed by atoms with Crippen LogP contribution in [0.4, 0.5) is 0 Å². The van der Waals surface area contributed by atoms with E-state index >= 15 is 0 Å². The Morgan fingerprint density at radius 3 is 1.01 bits per heavy atom. The summed E-state index contributed by atoms with van der Waals surface area (Å²) in [5, 5.41) is 25.9. The van der Waals surface area contributed by atoms with Gasteiger partial charge in [0.1, 0.15) is 144 Å². The van der Waals surface area contributed by atoms with Crippen LogP contribution in [0.5, 0.6) is 0 Å². The van der Waals surface area contributed by atoms with E-state index in [1.807, 2.05) is 0 Å². The van der Waals surface area contributed by atoms with Gasteiger partial charge in [-0.25, -0.2) is 27.4 Å². The molecule has 0 bridgehead atoms. The van der Waals surface area contributed by atoms with Crippen LogP contribution >= 0.6 is 0 Å². The molecule has 12 aromatic heterocycles. The summed E-state index contributed by atoms with van der Waals surface area (Å²) in [7, 11) is 0. The number of nitrogens with zero attached hydrogens (tertiary/aromatic N) is 12. The lowest BCUT2D eigenvalue weighted by Gasteiger charge is -2.18. The van der Waals surface area contributed by atoms with E-state index < -0.39 is 0 Å². The number of para-hydroxylation sites is 2. The van der Waals surface area contributed by atoms with Gasteiger partial charge in [0.05, 0.1) is 32.3 Å². The van der Waals surface area contributed by atoms with Crippen LogP contribution in [0.1, 0.15) is 151 Å². The van der Waals surface area contributed by atoms with Crippen molar-refractivity contribution in [3.63, 3.8) is 0 Å². The maximum atomic E-state index is 2.57. The SMILES string of the molecule is Cc1cc2c3c(c1)c1cccc4c1c1n3c(c[n+]1C4)CC2.Cc1ccc2c3c1c1cccc4c1c1n3c(c[n+]1C4)CC2.Cc1ccc2c3cccc4c3c3n5c(c[n+]3C4)CCc1c25.Cc1cccc(C)c1-c1cc2c3c(c1)c1cccc4c1n1c(c[n+](c31)C2)CC4.Cc1cccc(C)c1-c1ccc2c3c1c1cccc4c1c1n3c(c[n+]1C4)CC2.Cc1cccc(C)c1-c1ccc2c3c1c1cccc4c1n1c(c[n+](c31)C2)CC4. The average molecular weight is 1900 g/mol. The highest BCUT2D eigenvalue weighted by Crippen LogP contribution is 2.51. The Morgan fingerprint density at radius 2 is 0.510 bits per heavy atom. The molecule has 0 aliphatic carbocycles. The number of fused-ring (bicyclic) bond motifs is 6. The van der Waals surface area contributed by atoms with Crippen molar-refractivity contribution < 1.29 is 27.4 Å². The number of benzene rings is 15. The molecular weight excluding hydrogens is 1790 g/mol. The van der Waals surface area contributed by atoms with E-state index in [1.54, 1.807) is 5.56 Å². The molecule has 12 heteroatoms. The maximum absolute atomic E-state index is 2.57. The summed E-state index contributed by atoms with van der Waals surface area (Å²) >= 11 is 0. The van der Waals surface area contributed by atoms with Crippen molar-refractivity contribution in [3.05, 3.63) is 425 Å². The minimum Gasteiger partial charge on any atom is -0.225 e. The van der Waals surface area contributed by atoms with Gasteiger partial charge in [-0.1, -0.05) is 212 Å². The third-order valence-corrected chi connectivity index (χ3v) is 37.0. The molecule has 12 aliphatic rings. The molecule has 27 aromatic rings. The van der Waals surface area contributed by atoms with Crippen LogP contribution in [0.25, 0.3) is 197 Å². The molecule has 702 valence electrons. The van der Waals surface area contributed by atoms with E-state index in [1.165, 1.54) is 362 Å². The summed E-state index contributed by atoms with van der Waals surface area (Å²) in [5.74, 6) is 0. The zero-order chi connectivity index (χ0) is 96.8. The lowest BCUT2D eigenvalue weighted by atomic mass is 9.87. The summed E-state index contributed by atoms with van der Waals surface area (Å²) in [4.78, 5) is 0. The number of aromatic nitrogens is 12. The monoisotopic (exact) mass is 1900 g/mol. The van der Waals surface area contributed by atoms with Crippen molar-refractivity contribution in [1.29, 1.82) is 0 Å². The average Bonchev–Trinajstić information content (AvgIpc) is 1.56. The molecule has 0 N–H and O–H groups in total. The smallest absolute Gasteiger partial charge is 0.225 e. The summed E-state index contributed by atoms with van der Waals surface area (Å²) in [6, 6.07) is 89.4. The van der Waals surface area contributed by atoms with Gasteiger partial charge in [0.15, 0.2) is 0 Å². The first-order valence-electron chi connectivity index (χ1n) is 53.8. The fourth-order valence-electron chi connectivity index (χ4n) is 31.1. The molecule has 12 aliphatic heterocycles. The molecule has 147 heavy (non-hydrogen) atoms. The Balaban J connectivity index is 0.0000000759. The normalized spacial score (nSPS) is 14.8. The van der Waals surface area contributed by atoms with Gasteiger partial charge >= 0.3 is 0 Å². The third kappa shape index (κ3) is 10.7. The van der Waals surface area contributed by atoms with E-state index in [-0.39, 0.29) is 0 Å². The topological polar surface area (TPSA) is 49.7 Å². The largest absolute Gasteiger partial charge is 0.295 e. The molecule has 12 nitrogen and oxygen atoms in total. The Morgan fingerprint density at radius 1 is 0.184 bits per heavy atom. The lowest BCUT2D eigenvalue weighted by molar-refractivity contribution is -0.657. The molecule has 0 atom stereocenters. The summed E-state index contributed by atoms with van der Waals surface area (Å²) in [6.45, 7) is 26.2. The van der Waals surface area contributed by atoms with E-state index in [0.717, 1.165) is 97.1 Å². The van der Waals surface area contributed by atoms with E-state index in [4.69, 9.17) is 0 Å². The Kier molecular flexibility index (Phi) is 16.2.